The molecule has 0 radical (unpaired) electrons. The molecule has 0 bridgehead atoms. The van der Waals surface area contributed by atoms with Crippen LogP contribution >= 0.6 is 11.6 Å². The Kier molecular flexibility index (Phi) is 2.82. The van der Waals surface area contributed by atoms with Crippen molar-refractivity contribution in [2.75, 3.05) is 5.73 Å². The van der Waals surface area contributed by atoms with Crippen LogP contribution in [0.1, 0.15) is 19.4 Å². The number of carbonyl (C=O) groups excluding carboxylic acids is 1. The Morgan fingerprint density at radius 3 is 2.50 bits per heavy atom. The van der Waals surface area contributed by atoms with Crippen LogP contribution in [0.25, 0.3) is 0 Å². The third-order valence-electron chi connectivity index (χ3n) is 3.13. The number of nitrogens with two attached hydrogens (primary N) is 1. The minimum absolute atomic E-state index is 0.115. The van der Waals surface area contributed by atoms with Gasteiger partial charge in [-0.05, 0) is 26.0 Å². The zero-order valence-electron chi connectivity index (χ0n) is 9.97. The molecule has 0 saturated carbocycles. The number of benzene rings is 1. The Hall–Kier alpha value is -1.27. The summed E-state index contributed by atoms with van der Waals surface area (Å²) in [6, 6.07) is 4.88. The molecule has 1 aliphatic heterocycles. The number of anilines is 1. The number of nitrogens with zero attached hydrogens (tertiary/aromatic N) is 1. The summed E-state index contributed by atoms with van der Waals surface area (Å²) in [6.45, 7) is 2.66. The molecule has 1 aliphatic rings. The molecule has 0 atom stereocenters. The van der Waals surface area contributed by atoms with Gasteiger partial charge in [-0.1, -0.05) is 17.7 Å². The normalized spacial score (nSPS) is 20.6. The van der Waals surface area contributed by atoms with E-state index in [0.29, 0.717) is 16.3 Å². The van der Waals surface area contributed by atoms with Gasteiger partial charge in [-0.2, -0.15) is 0 Å². The van der Waals surface area contributed by atoms with E-state index in [1.807, 2.05) is 0 Å². The highest BCUT2D eigenvalue weighted by Crippen LogP contribution is 2.37. The molecule has 1 aromatic rings. The number of hydrogen-bond donors (Lipinski definition) is 1. The zero-order valence-corrected chi connectivity index (χ0v) is 11.5. The van der Waals surface area contributed by atoms with Crippen LogP contribution < -0.4 is 5.73 Å². The smallest absolute Gasteiger partial charge is 0.259 e. The molecule has 5 nitrogen and oxygen atoms in total. The van der Waals surface area contributed by atoms with E-state index in [4.69, 9.17) is 17.3 Å². The highest BCUT2D eigenvalue weighted by atomic mass is 35.5. The average Bonchev–Trinajstić information content (AvgIpc) is 2.27. The largest absolute Gasteiger partial charge is 0.398 e. The lowest BCUT2D eigenvalue weighted by atomic mass is 10.1. The van der Waals surface area contributed by atoms with E-state index < -0.39 is 20.7 Å². The Labute approximate surface area is 111 Å². The van der Waals surface area contributed by atoms with Crippen LogP contribution in [0.3, 0.4) is 0 Å². The van der Waals surface area contributed by atoms with Gasteiger partial charge in [0.1, 0.15) is 0 Å². The number of carbonyl (C=O) groups is 1. The minimum atomic E-state index is -3.61. The Morgan fingerprint density at radius 2 is 2.00 bits per heavy atom. The van der Waals surface area contributed by atoms with Gasteiger partial charge >= 0.3 is 0 Å². The number of halogens is 1. The summed E-state index contributed by atoms with van der Waals surface area (Å²) in [4.78, 5) is 11.8. The van der Waals surface area contributed by atoms with Crippen molar-refractivity contribution < 1.29 is 13.2 Å². The van der Waals surface area contributed by atoms with Crippen molar-refractivity contribution in [3.8, 4) is 0 Å². The second kappa shape index (κ2) is 3.86. The van der Waals surface area contributed by atoms with E-state index in [1.54, 1.807) is 18.2 Å². The molecule has 18 heavy (non-hydrogen) atoms. The molecule has 2 rings (SSSR count). The second-order valence-corrected chi connectivity index (χ2v) is 7.45. The highest BCUT2D eigenvalue weighted by molar-refractivity contribution is 7.94. The van der Waals surface area contributed by atoms with Crippen molar-refractivity contribution in [2.24, 2.45) is 0 Å². The van der Waals surface area contributed by atoms with Gasteiger partial charge in [-0.25, -0.2) is 12.7 Å². The maximum Gasteiger partial charge on any atom is 0.259 e. The monoisotopic (exact) mass is 288 g/mol. The van der Waals surface area contributed by atoms with Gasteiger partial charge in [-0.3, -0.25) is 4.79 Å². The van der Waals surface area contributed by atoms with Crippen molar-refractivity contribution in [3.63, 3.8) is 0 Å². The summed E-state index contributed by atoms with van der Waals surface area (Å²) in [5, 5.41) is 0.350. The first kappa shape index (κ1) is 13.2. The first-order valence-corrected chi connectivity index (χ1v) is 7.11. The van der Waals surface area contributed by atoms with Crippen molar-refractivity contribution >= 4 is 33.2 Å². The van der Waals surface area contributed by atoms with Gasteiger partial charge in [0.25, 0.3) is 15.9 Å². The molecular weight excluding hydrogens is 276 g/mol. The van der Waals surface area contributed by atoms with E-state index in [1.165, 1.54) is 13.8 Å². The fraction of sp³-hybridized carbons (Fsp3) is 0.364. The van der Waals surface area contributed by atoms with Gasteiger partial charge in [-0.15, -0.1) is 0 Å². The topological polar surface area (TPSA) is 80.5 Å². The van der Waals surface area contributed by atoms with Crippen LogP contribution in [-0.2, 0) is 21.4 Å². The van der Waals surface area contributed by atoms with E-state index in [9.17, 15) is 13.2 Å². The molecule has 1 fully saturated rings. The molecule has 1 amide bonds. The van der Waals surface area contributed by atoms with Crippen molar-refractivity contribution in [3.05, 3.63) is 28.8 Å². The SMILES string of the molecule is CC1(C)C(=O)N(Cc2c(N)cccc2Cl)S1(=O)=O. The Balaban J connectivity index is 2.36. The maximum absolute atomic E-state index is 11.9. The van der Waals surface area contributed by atoms with Crippen LogP contribution in [0.2, 0.25) is 5.02 Å². The third-order valence-corrected chi connectivity index (χ3v) is 5.83. The average molecular weight is 289 g/mol. The van der Waals surface area contributed by atoms with Crippen molar-refractivity contribution in [2.45, 2.75) is 25.1 Å². The summed E-state index contributed by atoms with van der Waals surface area (Å²) in [6.07, 6.45) is 0. The lowest BCUT2D eigenvalue weighted by Gasteiger charge is -2.43. The Bertz CT molecular complexity index is 605. The summed E-state index contributed by atoms with van der Waals surface area (Å²) < 4.78 is 23.3. The molecule has 0 aromatic heterocycles. The van der Waals surface area contributed by atoms with E-state index in [0.717, 1.165) is 4.31 Å². The van der Waals surface area contributed by atoms with Gasteiger partial charge in [0.15, 0.2) is 4.75 Å². The third kappa shape index (κ3) is 1.59. The molecule has 1 saturated heterocycles. The van der Waals surface area contributed by atoms with Gasteiger partial charge < -0.3 is 5.73 Å². The molecule has 98 valence electrons. The van der Waals surface area contributed by atoms with Gasteiger partial charge in [0.05, 0.1) is 6.54 Å². The molecule has 7 heteroatoms. The van der Waals surface area contributed by atoms with Crippen LogP contribution in [0, 0.1) is 0 Å². The molecular formula is C11H13ClN2O3S. The summed E-state index contributed by atoms with van der Waals surface area (Å²) >= 11 is 5.95. The Morgan fingerprint density at radius 1 is 1.39 bits per heavy atom. The van der Waals surface area contributed by atoms with Crippen molar-refractivity contribution in [1.82, 2.24) is 4.31 Å². The lowest BCUT2D eigenvalue weighted by Crippen LogP contribution is -2.66. The number of sulfonamides is 1. The minimum Gasteiger partial charge on any atom is -0.398 e. The van der Waals surface area contributed by atoms with E-state index in [2.05, 4.69) is 0 Å². The second-order valence-electron chi connectivity index (χ2n) is 4.63. The predicted molar refractivity (Wildman–Crippen MR) is 69.4 cm³/mol. The van der Waals surface area contributed by atoms with E-state index in [-0.39, 0.29) is 6.54 Å². The van der Waals surface area contributed by atoms with Gasteiger partial charge in [0, 0.05) is 16.3 Å². The first-order chi connectivity index (χ1) is 8.19. The fourth-order valence-electron chi connectivity index (χ4n) is 1.80. The van der Waals surface area contributed by atoms with Crippen molar-refractivity contribution in [1.29, 1.82) is 0 Å². The summed E-state index contributed by atoms with van der Waals surface area (Å²) in [5.74, 6) is -0.443. The molecule has 0 aliphatic carbocycles. The predicted octanol–water partition coefficient (Wildman–Crippen LogP) is 1.37. The molecule has 1 heterocycles. The van der Waals surface area contributed by atoms with Crippen LogP contribution in [-0.4, -0.2) is 23.4 Å². The first-order valence-electron chi connectivity index (χ1n) is 5.29. The molecule has 1 aromatic carbocycles. The maximum atomic E-state index is 11.9. The quantitative estimate of drug-likeness (QED) is 0.834. The molecule has 2 N–H and O–H groups in total. The fourth-order valence-corrected chi connectivity index (χ4v) is 3.54. The number of rotatable bonds is 2. The van der Waals surface area contributed by atoms with Crippen LogP contribution in [0.15, 0.2) is 18.2 Å². The van der Waals surface area contributed by atoms with Crippen LogP contribution in [0.4, 0.5) is 5.69 Å². The standard InChI is InChI=1S/C11H13ClN2O3S/c1-11(2)10(15)14(18(11,16)17)6-7-8(12)4-3-5-9(7)13/h3-5H,6,13H2,1-2H3. The molecule has 0 spiro atoms. The number of nitrogen functional groups attached to an aromatic ring is 1. The highest BCUT2D eigenvalue weighted by Gasteiger charge is 2.60. The van der Waals surface area contributed by atoms with Gasteiger partial charge in [0.2, 0.25) is 0 Å². The molecule has 0 unspecified atom stereocenters. The number of amides is 1. The van der Waals surface area contributed by atoms with E-state index >= 15 is 0 Å². The summed E-state index contributed by atoms with van der Waals surface area (Å²) in [5.41, 5.74) is 6.55. The summed E-state index contributed by atoms with van der Waals surface area (Å²) in [7, 11) is -3.61. The van der Waals surface area contributed by atoms with Crippen LogP contribution in [0.5, 0.6) is 0 Å². The lowest BCUT2D eigenvalue weighted by molar-refractivity contribution is -0.132. The number of hydrogen-bond acceptors (Lipinski definition) is 4. The zero-order chi connectivity index (χ0) is 13.7.